The number of likely N-dealkylation sites (tertiary alicyclic amines) is 1. The Morgan fingerprint density at radius 1 is 1.67 bits per heavy atom. The first kappa shape index (κ1) is 12.2. The van der Waals surface area contributed by atoms with E-state index in [2.05, 4.69) is 18.4 Å². The molecule has 0 amide bonds. The highest BCUT2D eigenvalue weighted by Gasteiger charge is 2.26. The third kappa shape index (κ3) is 3.32. The molecule has 0 saturated carbocycles. The zero-order valence-corrected chi connectivity index (χ0v) is 9.40. The summed E-state index contributed by atoms with van der Waals surface area (Å²) < 4.78 is 5.36. The standard InChI is InChI=1S/C11H19NO3/c1-8-4-5-12(7-10(8)15-3)6-9(2)11(13)14/h8,10H,2,4-7H2,1,3H3,(H,13,14). The fourth-order valence-electron chi connectivity index (χ4n) is 1.89. The molecule has 4 nitrogen and oxygen atoms in total. The van der Waals surface area contributed by atoms with Gasteiger partial charge in [0.05, 0.1) is 6.10 Å². The largest absolute Gasteiger partial charge is 0.478 e. The first-order chi connectivity index (χ1) is 7.04. The monoisotopic (exact) mass is 213 g/mol. The molecule has 4 heteroatoms. The third-order valence-electron chi connectivity index (χ3n) is 2.99. The van der Waals surface area contributed by atoms with Crippen LogP contribution in [0.2, 0.25) is 0 Å². The number of carboxylic acid groups (broad SMARTS) is 1. The first-order valence-electron chi connectivity index (χ1n) is 5.20. The maximum Gasteiger partial charge on any atom is 0.332 e. The summed E-state index contributed by atoms with van der Waals surface area (Å²) in [6.45, 7) is 7.85. The molecule has 1 saturated heterocycles. The van der Waals surface area contributed by atoms with Gasteiger partial charge in [-0.15, -0.1) is 0 Å². The van der Waals surface area contributed by atoms with Gasteiger partial charge in [-0.3, -0.25) is 4.90 Å². The average molecular weight is 213 g/mol. The second kappa shape index (κ2) is 5.28. The molecular formula is C11H19NO3. The number of aliphatic carboxylic acids is 1. The molecule has 2 unspecified atom stereocenters. The van der Waals surface area contributed by atoms with Gasteiger partial charge in [0.25, 0.3) is 0 Å². The van der Waals surface area contributed by atoms with Gasteiger partial charge in [0.2, 0.25) is 0 Å². The zero-order chi connectivity index (χ0) is 11.4. The van der Waals surface area contributed by atoms with Crippen LogP contribution in [-0.2, 0) is 9.53 Å². The smallest absolute Gasteiger partial charge is 0.332 e. The lowest BCUT2D eigenvalue weighted by atomic mass is 9.95. The molecule has 0 aromatic carbocycles. The van der Waals surface area contributed by atoms with Crippen LogP contribution >= 0.6 is 0 Å². The summed E-state index contributed by atoms with van der Waals surface area (Å²) in [5.41, 5.74) is 0.249. The van der Waals surface area contributed by atoms with Crippen LogP contribution in [0.3, 0.4) is 0 Å². The van der Waals surface area contributed by atoms with Crippen molar-refractivity contribution >= 4 is 5.97 Å². The molecule has 0 spiro atoms. The summed E-state index contributed by atoms with van der Waals surface area (Å²) >= 11 is 0. The van der Waals surface area contributed by atoms with Crippen molar-refractivity contribution in [2.24, 2.45) is 5.92 Å². The molecule has 15 heavy (non-hydrogen) atoms. The van der Waals surface area contributed by atoms with Gasteiger partial charge in [0, 0.05) is 25.8 Å². The maximum atomic E-state index is 10.6. The molecule has 0 aromatic heterocycles. The van der Waals surface area contributed by atoms with E-state index in [-0.39, 0.29) is 11.7 Å². The van der Waals surface area contributed by atoms with E-state index in [1.807, 2.05) is 0 Å². The molecule has 0 aliphatic carbocycles. The second-order valence-corrected chi connectivity index (χ2v) is 4.18. The summed E-state index contributed by atoms with van der Waals surface area (Å²) in [6.07, 6.45) is 1.26. The van der Waals surface area contributed by atoms with E-state index in [4.69, 9.17) is 9.84 Å². The Hall–Kier alpha value is -0.870. The van der Waals surface area contributed by atoms with Crippen molar-refractivity contribution in [3.8, 4) is 0 Å². The topological polar surface area (TPSA) is 49.8 Å². The van der Waals surface area contributed by atoms with Gasteiger partial charge in [-0.2, -0.15) is 0 Å². The molecule has 0 bridgehead atoms. The summed E-state index contributed by atoms with van der Waals surface area (Å²) in [6, 6.07) is 0. The van der Waals surface area contributed by atoms with Crippen LogP contribution < -0.4 is 0 Å². The molecule has 0 radical (unpaired) electrons. The van der Waals surface area contributed by atoms with E-state index >= 15 is 0 Å². The maximum absolute atomic E-state index is 10.6. The van der Waals surface area contributed by atoms with Crippen LogP contribution in [0.15, 0.2) is 12.2 Å². The van der Waals surface area contributed by atoms with Crippen molar-refractivity contribution in [1.29, 1.82) is 0 Å². The number of rotatable bonds is 4. The molecule has 1 aliphatic rings. The predicted molar refractivity (Wildman–Crippen MR) is 57.8 cm³/mol. The lowest BCUT2D eigenvalue weighted by Crippen LogP contribution is -2.44. The molecule has 1 rings (SSSR count). The number of nitrogens with zero attached hydrogens (tertiary/aromatic N) is 1. The Bertz CT molecular complexity index is 252. The van der Waals surface area contributed by atoms with E-state index < -0.39 is 5.97 Å². The average Bonchev–Trinajstić information content (AvgIpc) is 2.20. The third-order valence-corrected chi connectivity index (χ3v) is 2.99. The van der Waals surface area contributed by atoms with Gasteiger partial charge in [0.1, 0.15) is 0 Å². The van der Waals surface area contributed by atoms with Gasteiger partial charge >= 0.3 is 5.97 Å². The van der Waals surface area contributed by atoms with Gasteiger partial charge in [-0.25, -0.2) is 4.79 Å². The molecule has 1 heterocycles. The number of methoxy groups -OCH3 is 1. The Kier molecular flexibility index (Phi) is 4.29. The summed E-state index contributed by atoms with van der Waals surface area (Å²) in [7, 11) is 1.71. The summed E-state index contributed by atoms with van der Waals surface area (Å²) in [5, 5.41) is 8.73. The van der Waals surface area contributed by atoms with Crippen molar-refractivity contribution in [3.05, 3.63) is 12.2 Å². The van der Waals surface area contributed by atoms with E-state index in [1.54, 1.807) is 7.11 Å². The fourth-order valence-corrected chi connectivity index (χ4v) is 1.89. The predicted octanol–water partition coefficient (Wildman–Crippen LogP) is 0.984. The summed E-state index contributed by atoms with van der Waals surface area (Å²) in [4.78, 5) is 12.7. The zero-order valence-electron chi connectivity index (χ0n) is 9.40. The van der Waals surface area contributed by atoms with Crippen LogP contribution in [0.1, 0.15) is 13.3 Å². The van der Waals surface area contributed by atoms with Gasteiger partial charge in [-0.1, -0.05) is 13.5 Å². The number of hydrogen-bond acceptors (Lipinski definition) is 3. The highest BCUT2D eigenvalue weighted by atomic mass is 16.5. The lowest BCUT2D eigenvalue weighted by Gasteiger charge is -2.36. The molecule has 0 aromatic rings. The molecule has 1 N–H and O–H groups in total. The van der Waals surface area contributed by atoms with Crippen LogP contribution in [0.5, 0.6) is 0 Å². The van der Waals surface area contributed by atoms with Gasteiger partial charge in [0.15, 0.2) is 0 Å². The Morgan fingerprint density at radius 2 is 2.33 bits per heavy atom. The quantitative estimate of drug-likeness (QED) is 0.707. The number of hydrogen-bond donors (Lipinski definition) is 1. The van der Waals surface area contributed by atoms with Crippen LogP contribution in [-0.4, -0.2) is 48.8 Å². The van der Waals surface area contributed by atoms with Crippen LogP contribution in [0.25, 0.3) is 0 Å². The van der Waals surface area contributed by atoms with Crippen molar-refractivity contribution < 1.29 is 14.6 Å². The van der Waals surface area contributed by atoms with Crippen LogP contribution in [0.4, 0.5) is 0 Å². The highest BCUT2D eigenvalue weighted by Crippen LogP contribution is 2.19. The minimum Gasteiger partial charge on any atom is -0.478 e. The SMILES string of the molecule is C=C(CN1CCC(C)C(OC)C1)C(=O)O. The van der Waals surface area contributed by atoms with Gasteiger partial charge < -0.3 is 9.84 Å². The molecule has 1 fully saturated rings. The molecule has 1 aliphatic heterocycles. The van der Waals surface area contributed by atoms with E-state index in [1.165, 1.54) is 0 Å². The van der Waals surface area contributed by atoms with E-state index in [0.29, 0.717) is 12.5 Å². The molecule has 2 atom stereocenters. The van der Waals surface area contributed by atoms with Crippen LogP contribution in [0, 0.1) is 5.92 Å². The highest BCUT2D eigenvalue weighted by molar-refractivity contribution is 5.86. The molecule has 86 valence electrons. The minimum atomic E-state index is -0.914. The normalized spacial score (nSPS) is 27.6. The Labute approximate surface area is 90.5 Å². The fraction of sp³-hybridized carbons (Fsp3) is 0.727. The summed E-state index contributed by atoms with van der Waals surface area (Å²) in [5.74, 6) is -0.369. The van der Waals surface area contributed by atoms with Crippen molar-refractivity contribution in [3.63, 3.8) is 0 Å². The van der Waals surface area contributed by atoms with Crippen molar-refractivity contribution in [2.75, 3.05) is 26.7 Å². The number of carbonyl (C=O) groups is 1. The number of ether oxygens (including phenoxy) is 1. The van der Waals surface area contributed by atoms with Crippen molar-refractivity contribution in [1.82, 2.24) is 4.90 Å². The number of carboxylic acids is 1. The van der Waals surface area contributed by atoms with Crippen molar-refractivity contribution in [2.45, 2.75) is 19.4 Å². The van der Waals surface area contributed by atoms with E-state index in [9.17, 15) is 4.79 Å². The molecular weight excluding hydrogens is 194 g/mol. The Balaban J connectivity index is 2.45. The second-order valence-electron chi connectivity index (χ2n) is 4.18. The minimum absolute atomic E-state index is 0.209. The van der Waals surface area contributed by atoms with Gasteiger partial charge in [-0.05, 0) is 18.9 Å². The lowest BCUT2D eigenvalue weighted by molar-refractivity contribution is -0.133. The van der Waals surface area contributed by atoms with E-state index in [0.717, 1.165) is 19.5 Å². The first-order valence-corrected chi connectivity index (χ1v) is 5.20. The Morgan fingerprint density at radius 3 is 2.87 bits per heavy atom. The number of piperidine rings is 1.